The van der Waals surface area contributed by atoms with Crippen LogP contribution in [-0.2, 0) is 10.6 Å². The maximum absolute atomic E-state index is 5.90. The molecule has 4 heteroatoms. The number of hydrogen-bond acceptors (Lipinski definition) is 3. The van der Waals surface area contributed by atoms with Crippen LogP contribution in [0.25, 0.3) is 0 Å². The van der Waals surface area contributed by atoms with Crippen LogP contribution in [0.2, 0.25) is 0 Å². The number of pyridine rings is 1. The maximum Gasteiger partial charge on any atom is 0.0670 e. The van der Waals surface area contributed by atoms with Gasteiger partial charge in [-0.05, 0) is 18.1 Å². The van der Waals surface area contributed by atoms with Crippen molar-refractivity contribution >= 4 is 17.3 Å². The lowest BCUT2D eigenvalue weighted by molar-refractivity contribution is 0.193. The van der Waals surface area contributed by atoms with Crippen molar-refractivity contribution < 1.29 is 4.74 Å². The van der Waals surface area contributed by atoms with Crippen molar-refractivity contribution in [1.29, 1.82) is 0 Å². The summed E-state index contributed by atoms with van der Waals surface area (Å²) in [4.78, 5) is 6.36. The SMILES string of the molecule is CN(c1cnccc1CCl)C1CCOC1. The van der Waals surface area contributed by atoms with Crippen LogP contribution in [0.4, 0.5) is 5.69 Å². The molecule has 0 saturated carbocycles. The first kappa shape index (κ1) is 10.7. The second-order valence-electron chi connectivity index (χ2n) is 3.77. The number of ether oxygens (including phenoxy) is 1. The fourth-order valence-electron chi connectivity index (χ4n) is 1.87. The zero-order chi connectivity index (χ0) is 10.7. The van der Waals surface area contributed by atoms with Gasteiger partial charge in [-0.1, -0.05) is 0 Å². The Morgan fingerprint density at radius 1 is 1.67 bits per heavy atom. The monoisotopic (exact) mass is 226 g/mol. The highest BCUT2D eigenvalue weighted by atomic mass is 35.5. The van der Waals surface area contributed by atoms with Crippen molar-refractivity contribution in [2.45, 2.75) is 18.3 Å². The number of likely N-dealkylation sites (N-methyl/N-ethyl adjacent to an activating group) is 1. The Bertz CT molecular complexity index is 326. The number of halogens is 1. The van der Waals surface area contributed by atoms with E-state index in [1.165, 1.54) is 0 Å². The van der Waals surface area contributed by atoms with Crippen LogP contribution in [0.5, 0.6) is 0 Å². The minimum Gasteiger partial charge on any atom is -0.379 e. The van der Waals surface area contributed by atoms with Crippen LogP contribution in [0.3, 0.4) is 0 Å². The summed E-state index contributed by atoms with van der Waals surface area (Å²) in [6.45, 7) is 1.65. The average Bonchev–Trinajstić information content (AvgIpc) is 2.81. The summed E-state index contributed by atoms with van der Waals surface area (Å²) < 4.78 is 5.38. The normalized spacial score (nSPS) is 20.5. The minimum atomic E-state index is 0.455. The first-order chi connectivity index (χ1) is 7.33. The molecule has 3 nitrogen and oxygen atoms in total. The third-order valence-corrected chi connectivity index (χ3v) is 3.15. The Hall–Kier alpha value is -0.800. The first-order valence-corrected chi connectivity index (χ1v) is 5.66. The van der Waals surface area contributed by atoms with Crippen molar-refractivity contribution in [1.82, 2.24) is 4.98 Å². The number of rotatable bonds is 3. The highest BCUT2D eigenvalue weighted by Gasteiger charge is 2.21. The molecule has 2 rings (SSSR count). The van der Waals surface area contributed by atoms with Gasteiger partial charge in [-0.2, -0.15) is 0 Å². The van der Waals surface area contributed by atoms with Crippen molar-refractivity contribution in [3.05, 3.63) is 24.0 Å². The molecule has 1 unspecified atom stereocenters. The maximum atomic E-state index is 5.90. The topological polar surface area (TPSA) is 25.4 Å². The molecule has 1 saturated heterocycles. The van der Waals surface area contributed by atoms with E-state index in [0.29, 0.717) is 11.9 Å². The Balaban J connectivity index is 2.19. The summed E-state index contributed by atoms with van der Waals surface area (Å²) in [5, 5.41) is 0. The molecule has 15 heavy (non-hydrogen) atoms. The van der Waals surface area contributed by atoms with E-state index in [4.69, 9.17) is 16.3 Å². The molecule has 1 atom stereocenters. The average molecular weight is 227 g/mol. The van der Waals surface area contributed by atoms with Crippen molar-refractivity contribution in [3.8, 4) is 0 Å². The summed E-state index contributed by atoms with van der Waals surface area (Å²) in [5.41, 5.74) is 2.24. The zero-order valence-electron chi connectivity index (χ0n) is 8.82. The lowest BCUT2D eigenvalue weighted by Gasteiger charge is -2.26. The quantitative estimate of drug-likeness (QED) is 0.738. The van der Waals surface area contributed by atoms with Gasteiger partial charge in [0.05, 0.1) is 24.5 Å². The van der Waals surface area contributed by atoms with E-state index in [1.54, 1.807) is 6.20 Å². The molecule has 1 aromatic heterocycles. The molecule has 1 aliphatic heterocycles. The van der Waals surface area contributed by atoms with E-state index in [2.05, 4.69) is 16.9 Å². The predicted octanol–water partition coefficient (Wildman–Crippen LogP) is 2.05. The molecule has 2 heterocycles. The van der Waals surface area contributed by atoms with Gasteiger partial charge in [0, 0.05) is 25.7 Å². The van der Waals surface area contributed by atoms with Crippen LogP contribution >= 0.6 is 11.6 Å². The summed E-state index contributed by atoms with van der Waals surface area (Å²) in [6.07, 6.45) is 4.73. The third-order valence-electron chi connectivity index (χ3n) is 2.86. The molecular formula is C11H15ClN2O. The minimum absolute atomic E-state index is 0.455. The highest BCUT2D eigenvalue weighted by Crippen LogP contribution is 2.24. The molecule has 0 aromatic carbocycles. The standard InChI is InChI=1S/C11H15ClN2O/c1-14(10-3-5-15-8-10)11-7-13-4-2-9(11)6-12/h2,4,7,10H,3,5-6,8H2,1H3. The van der Waals surface area contributed by atoms with E-state index in [9.17, 15) is 0 Å². The van der Waals surface area contributed by atoms with E-state index >= 15 is 0 Å². The fraction of sp³-hybridized carbons (Fsp3) is 0.545. The third kappa shape index (κ3) is 2.24. The van der Waals surface area contributed by atoms with Gasteiger partial charge in [-0.15, -0.1) is 11.6 Å². The second kappa shape index (κ2) is 4.81. The van der Waals surface area contributed by atoms with Crippen LogP contribution in [0.1, 0.15) is 12.0 Å². The van der Waals surface area contributed by atoms with Gasteiger partial charge in [0.25, 0.3) is 0 Å². The number of alkyl halides is 1. The summed E-state index contributed by atoms with van der Waals surface area (Å²) in [5.74, 6) is 0.524. The molecule has 0 bridgehead atoms. The molecule has 0 amide bonds. The van der Waals surface area contributed by atoms with Gasteiger partial charge in [-0.3, -0.25) is 4.98 Å². The van der Waals surface area contributed by atoms with Gasteiger partial charge in [0.2, 0.25) is 0 Å². The Kier molecular flexibility index (Phi) is 3.44. The highest BCUT2D eigenvalue weighted by molar-refractivity contribution is 6.17. The van der Waals surface area contributed by atoms with E-state index in [-0.39, 0.29) is 0 Å². The lowest BCUT2D eigenvalue weighted by atomic mass is 10.1. The summed E-state index contributed by atoms with van der Waals surface area (Å²) in [7, 11) is 2.08. The zero-order valence-corrected chi connectivity index (χ0v) is 9.57. The molecule has 1 aliphatic rings. The largest absolute Gasteiger partial charge is 0.379 e. The van der Waals surface area contributed by atoms with Gasteiger partial charge >= 0.3 is 0 Å². The van der Waals surface area contributed by atoms with Crippen molar-refractivity contribution in [2.75, 3.05) is 25.2 Å². The summed E-state index contributed by atoms with van der Waals surface area (Å²) >= 11 is 5.90. The molecule has 0 spiro atoms. The van der Waals surface area contributed by atoms with Gasteiger partial charge in [0.1, 0.15) is 0 Å². The van der Waals surface area contributed by atoms with E-state index in [1.807, 2.05) is 12.3 Å². The molecule has 0 N–H and O–H groups in total. The second-order valence-corrected chi connectivity index (χ2v) is 4.03. The predicted molar refractivity (Wildman–Crippen MR) is 61.4 cm³/mol. The molecular weight excluding hydrogens is 212 g/mol. The van der Waals surface area contributed by atoms with Crippen LogP contribution in [-0.4, -0.2) is 31.3 Å². The van der Waals surface area contributed by atoms with Crippen LogP contribution in [0, 0.1) is 0 Å². The lowest BCUT2D eigenvalue weighted by Crippen LogP contribution is -2.32. The van der Waals surface area contributed by atoms with E-state index < -0.39 is 0 Å². The molecule has 1 aromatic rings. The molecule has 82 valence electrons. The Morgan fingerprint density at radius 2 is 2.53 bits per heavy atom. The first-order valence-electron chi connectivity index (χ1n) is 5.12. The number of nitrogens with zero attached hydrogens (tertiary/aromatic N) is 2. The Labute approximate surface area is 95.0 Å². The van der Waals surface area contributed by atoms with Crippen LogP contribution in [0.15, 0.2) is 18.5 Å². The van der Waals surface area contributed by atoms with Crippen molar-refractivity contribution in [2.24, 2.45) is 0 Å². The number of hydrogen-bond donors (Lipinski definition) is 0. The van der Waals surface area contributed by atoms with E-state index in [0.717, 1.165) is 30.9 Å². The van der Waals surface area contributed by atoms with Crippen molar-refractivity contribution in [3.63, 3.8) is 0 Å². The number of anilines is 1. The van der Waals surface area contributed by atoms with Gasteiger partial charge < -0.3 is 9.64 Å². The van der Waals surface area contributed by atoms with Gasteiger partial charge in [-0.25, -0.2) is 0 Å². The molecule has 0 aliphatic carbocycles. The van der Waals surface area contributed by atoms with Crippen LogP contribution < -0.4 is 4.90 Å². The van der Waals surface area contributed by atoms with Gasteiger partial charge in [0.15, 0.2) is 0 Å². The number of aromatic nitrogens is 1. The smallest absolute Gasteiger partial charge is 0.0670 e. The Morgan fingerprint density at radius 3 is 3.20 bits per heavy atom. The molecule has 0 radical (unpaired) electrons. The summed E-state index contributed by atoms with van der Waals surface area (Å²) in [6, 6.07) is 2.42. The molecule has 1 fully saturated rings. The fourth-order valence-corrected chi connectivity index (χ4v) is 2.10.